The van der Waals surface area contributed by atoms with E-state index in [1.165, 1.54) is 18.2 Å². The number of carbonyl (C=O) groups excluding carboxylic acids is 1. The van der Waals surface area contributed by atoms with Gasteiger partial charge in [0.25, 0.3) is 5.91 Å². The van der Waals surface area contributed by atoms with Gasteiger partial charge in [0.15, 0.2) is 0 Å². The Kier molecular flexibility index (Phi) is 3.59. The first-order valence-corrected chi connectivity index (χ1v) is 4.54. The number of nitrogens with one attached hydrogen (secondary N) is 1. The number of rotatable bonds is 3. The maximum Gasteiger partial charge on any atom is 0.255 e. The van der Waals surface area contributed by atoms with Crippen LogP contribution in [-0.2, 0) is 0 Å². The first-order valence-electron chi connectivity index (χ1n) is 4.01. The van der Waals surface area contributed by atoms with Crippen molar-refractivity contribution in [3.8, 4) is 11.5 Å². The van der Waals surface area contributed by atoms with Gasteiger partial charge in [0.2, 0.25) is 0 Å². The molecular formula is C9H10ClNO3. The van der Waals surface area contributed by atoms with E-state index in [2.05, 4.69) is 5.32 Å². The minimum Gasteiger partial charge on any atom is -0.508 e. The first-order chi connectivity index (χ1) is 6.65. The van der Waals surface area contributed by atoms with Gasteiger partial charge in [-0.05, 0) is 18.2 Å². The topological polar surface area (TPSA) is 69.6 Å². The Labute approximate surface area is 86.1 Å². The zero-order valence-electron chi connectivity index (χ0n) is 7.33. The maximum atomic E-state index is 11.3. The van der Waals surface area contributed by atoms with Crippen molar-refractivity contribution >= 4 is 17.5 Å². The lowest BCUT2D eigenvalue weighted by molar-refractivity contribution is 0.0953. The van der Waals surface area contributed by atoms with E-state index < -0.39 is 5.91 Å². The molecule has 0 unspecified atom stereocenters. The van der Waals surface area contributed by atoms with Crippen LogP contribution in [0.1, 0.15) is 10.4 Å². The molecule has 5 heteroatoms. The van der Waals surface area contributed by atoms with E-state index in [1.807, 2.05) is 0 Å². The average molecular weight is 216 g/mol. The average Bonchev–Trinajstić information content (AvgIpc) is 2.18. The second-order valence-electron chi connectivity index (χ2n) is 2.65. The summed E-state index contributed by atoms with van der Waals surface area (Å²) >= 11 is 5.38. The number of halogens is 1. The van der Waals surface area contributed by atoms with Crippen LogP contribution in [0.4, 0.5) is 0 Å². The van der Waals surface area contributed by atoms with Gasteiger partial charge >= 0.3 is 0 Å². The maximum absolute atomic E-state index is 11.3. The van der Waals surface area contributed by atoms with Gasteiger partial charge < -0.3 is 15.5 Å². The molecule has 1 aromatic rings. The van der Waals surface area contributed by atoms with E-state index in [-0.39, 0.29) is 17.1 Å². The van der Waals surface area contributed by atoms with Crippen molar-refractivity contribution in [3.63, 3.8) is 0 Å². The SMILES string of the molecule is O=C(NCCCl)c1cc(O)ccc1O. The van der Waals surface area contributed by atoms with Crippen molar-refractivity contribution < 1.29 is 15.0 Å². The van der Waals surface area contributed by atoms with Gasteiger partial charge in [-0.2, -0.15) is 0 Å². The molecule has 76 valence electrons. The molecule has 0 bridgehead atoms. The summed E-state index contributed by atoms with van der Waals surface area (Å²) < 4.78 is 0. The molecule has 0 aliphatic rings. The Hall–Kier alpha value is -1.42. The largest absolute Gasteiger partial charge is 0.508 e. The lowest BCUT2D eigenvalue weighted by Crippen LogP contribution is -2.25. The first kappa shape index (κ1) is 10.7. The summed E-state index contributed by atoms with van der Waals surface area (Å²) in [6, 6.07) is 3.75. The number of alkyl halides is 1. The molecule has 14 heavy (non-hydrogen) atoms. The van der Waals surface area contributed by atoms with Crippen LogP contribution in [-0.4, -0.2) is 28.5 Å². The molecular weight excluding hydrogens is 206 g/mol. The monoisotopic (exact) mass is 215 g/mol. The predicted molar refractivity (Wildman–Crippen MR) is 52.8 cm³/mol. The number of aromatic hydroxyl groups is 2. The fourth-order valence-electron chi connectivity index (χ4n) is 0.962. The van der Waals surface area contributed by atoms with Gasteiger partial charge in [0.1, 0.15) is 11.5 Å². The highest BCUT2D eigenvalue weighted by Gasteiger charge is 2.10. The summed E-state index contributed by atoms with van der Waals surface area (Å²) in [6.45, 7) is 0.315. The standard InChI is InChI=1S/C9H10ClNO3/c10-3-4-11-9(14)7-5-6(12)1-2-8(7)13/h1-2,5,12-13H,3-4H2,(H,11,14). The number of carbonyl (C=O) groups is 1. The number of amides is 1. The fraction of sp³-hybridized carbons (Fsp3) is 0.222. The fourth-order valence-corrected chi connectivity index (χ4v) is 1.06. The van der Waals surface area contributed by atoms with E-state index in [0.717, 1.165) is 0 Å². The Bertz CT molecular complexity index is 341. The van der Waals surface area contributed by atoms with Crippen molar-refractivity contribution in [2.45, 2.75) is 0 Å². The van der Waals surface area contributed by atoms with E-state index >= 15 is 0 Å². The summed E-state index contributed by atoms with van der Waals surface area (Å²) in [5.41, 5.74) is 0.0371. The summed E-state index contributed by atoms with van der Waals surface area (Å²) in [5.74, 6) is -0.404. The molecule has 0 fully saturated rings. The van der Waals surface area contributed by atoms with Crippen LogP contribution in [0.15, 0.2) is 18.2 Å². The molecule has 0 heterocycles. The molecule has 3 N–H and O–H groups in total. The van der Waals surface area contributed by atoms with Crippen LogP contribution in [0.25, 0.3) is 0 Å². The molecule has 1 rings (SSSR count). The van der Waals surface area contributed by atoms with Gasteiger partial charge in [-0.3, -0.25) is 4.79 Å². The summed E-state index contributed by atoms with van der Waals surface area (Å²) in [4.78, 5) is 11.3. The van der Waals surface area contributed by atoms with Gasteiger partial charge in [0.05, 0.1) is 5.56 Å². The van der Waals surface area contributed by atoms with Gasteiger partial charge in [-0.1, -0.05) is 0 Å². The molecule has 0 spiro atoms. The van der Waals surface area contributed by atoms with E-state index in [0.29, 0.717) is 12.4 Å². The molecule has 1 amide bonds. The molecule has 0 saturated carbocycles. The molecule has 1 aromatic carbocycles. The Morgan fingerprint density at radius 3 is 2.79 bits per heavy atom. The second-order valence-corrected chi connectivity index (χ2v) is 3.02. The highest BCUT2D eigenvalue weighted by atomic mass is 35.5. The number of phenolic OH excluding ortho intramolecular Hbond substituents is 2. The number of hydrogen-bond acceptors (Lipinski definition) is 3. The number of phenols is 2. The van der Waals surface area contributed by atoms with Crippen LogP contribution in [0.2, 0.25) is 0 Å². The number of hydrogen-bond donors (Lipinski definition) is 3. The van der Waals surface area contributed by atoms with Crippen molar-refractivity contribution in [2.24, 2.45) is 0 Å². The molecule has 0 aromatic heterocycles. The predicted octanol–water partition coefficient (Wildman–Crippen LogP) is 1.07. The van der Waals surface area contributed by atoms with Crippen LogP contribution in [0, 0.1) is 0 Å². The van der Waals surface area contributed by atoms with Crippen LogP contribution in [0.5, 0.6) is 11.5 Å². The van der Waals surface area contributed by atoms with E-state index in [9.17, 15) is 9.90 Å². The highest BCUT2D eigenvalue weighted by Crippen LogP contribution is 2.21. The Morgan fingerprint density at radius 1 is 1.43 bits per heavy atom. The van der Waals surface area contributed by atoms with Gasteiger partial charge in [0, 0.05) is 12.4 Å². The molecule has 4 nitrogen and oxygen atoms in total. The summed E-state index contributed by atoms with van der Waals surface area (Å²) in [5, 5.41) is 20.9. The third-order valence-electron chi connectivity index (χ3n) is 1.60. The van der Waals surface area contributed by atoms with E-state index in [1.54, 1.807) is 0 Å². The Morgan fingerprint density at radius 2 is 2.14 bits per heavy atom. The quantitative estimate of drug-likeness (QED) is 0.522. The molecule has 0 radical (unpaired) electrons. The van der Waals surface area contributed by atoms with Crippen LogP contribution < -0.4 is 5.32 Å². The lowest BCUT2D eigenvalue weighted by Gasteiger charge is -2.05. The highest BCUT2D eigenvalue weighted by molar-refractivity contribution is 6.18. The smallest absolute Gasteiger partial charge is 0.255 e. The van der Waals surface area contributed by atoms with Crippen LogP contribution >= 0.6 is 11.6 Å². The minimum atomic E-state index is -0.459. The van der Waals surface area contributed by atoms with E-state index in [4.69, 9.17) is 16.7 Å². The van der Waals surface area contributed by atoms with Crippen molar-refractivity contribution in [2.75, 3.05) is 12.4 Å². The second kappa shape index (κ2) is 4.72. The molecule has 0 aliphatic carbocycles. The zero-order chi connectivity index (χ0) is 10.6. The molecule has 0 saturated heterocycles. The summed E-state index contributed by atoms with van der Waals surface area (Å²) in [6.07, 6.45) is 0. The third kappa shape index (κ3) is 2.53. The van der Waals surface area contributed by atoms with Crippen LogP contribution in [0.3, 0.4) is 0 Å². The molecule has 0 atom stereocenters. The summed E-state index contributed by atoms with van der Waals surface area (Å²) in [7, 11) is 0. The minimum absolute atomic E-state index is 0.0371. The van der Waals surface area contributed by atoms with Crippen molar-refractivity contribution in [1.82, 2.24) is 5.32 Å². The Balaban J connectivity index is 2.83. The van der Waals surface area contributed by atoms with Crippen molar-refractivity contribution in [1.29, 1.82) is 0 Å². The lowest BCUT2D eigenvalue weighted by atomic mass is 10.2. The van der Waals surface area contributed by atoms with Gasteiger partial charge in [-0.15, -0.1) is 11.6 Å². The normalized spacial score (nSPS) is 9.79. The zero-order valence-corrected chi connectivity index (χ0v) is 8.08. The van der Waals surface area contributed by atoms with Gasteiger partial charge in [-0.25, -0.2) is 0 Å². The number of benzene rings is 1. The third-order valence-corrected chi connectivity index (χ3v) is 1.79. The van der Waals surface area contributed by atoms with Crippen molar-refractivity contribution in [3.05, 3.63) is 23.8 Å². The molecule has 0 aliphatic heterocycles.